The molecule has 0 saturated carbocycles. The zero-order valence-corrected chi connectivity index (χ0v) is 9.45. The van der Waals surface area contributed by atoms with Crippen LogP contribution >= 0.6 is 11.8 Å². The molecule has 1 rings (SSSR count). The van der Waals surface area contributed by atoms with Crippen LogP contribution < -0.4 is 0 Å². The van der Waals surface area contributed by atoms with Crippen LogP contribution in [0.25, 0.3) is 0 Å². The largest absolute Gasteiger partial charge is 0.288 e. The monoisotopic (exact) mass is 222 g/mol. The predicted molar refractivity (Wildman–Crippen MR) is 61.2 cm³/mol. The quantitative estimate of drug-likeness (QED) is 0.680. The molecule has 0 spiro atoms. The zero-order chi connectivity index (χ0) is 11.3. The van der Waals surface area contributed by atoms with Gasteiger partial charge in [-0.25, -0.2) is 4.39 Å². The molecule has 1 nitrogen and oxygen atoms in total. The molecule has 0 aliphatic carbocycles. The van der Waals surface area contributed by atoms with Crippen LogP contribution in [0.3, 0.4) is 0 Å². The molecule has 0 aliphatic rings. The van der Waals surface area contributed by atoms with Gasteiger partial charge in [-0.15, -0.1) is 0 Å². The number of hydrogen-bond acceptors (Lipinski definition) is 2. The number of benzene rings is 1. The minimum Gasteiger partial charge on any atom is -0.288 e. The van der Waals surface area contributed by atoms with E-state index in [9.17, 15) is 9.18 Å². The first-order chi connectivity index (χ1) is 7.09. The van der Waals surface area contributed by atoms with Crippen molar-refractivity contribution in [1.29, 1.82) is 0 Å². The summed E-state index contributed by atoms with van der Waals surface area (Å²) in [5, 5.41) is 0.0219. The molecule has 0 saturated heterocycles. The number of hydrogen-bond donors (Lipinski definition) is 0. The minimum absolute atomic E-state index is 0.0219. The fourth-order valence-electron chi connectivity index (χ4n) is 0.991. The Morgan fingerprint density at radius 1 is 1.53 bits per heavy atom. The number of aryl methyl sites for hydroxylation is 1. The average molecular weight is 222 g/mol. The highest BCUT2D eigenvalue weighted by atomic mass is 32.2. The summed E-state index contributed by atoms with van der Waals surface area (Å²) in [4.78, 5) is 10.6. The predicted octanol–water partition coefficient (Wildman–Crippen LogP) is 2.77. The van der Waals surface area contributed by atoms with Gasteiger partial charge in [-0.05, 0) is 24.6 Å². The molecule has 0 atom stereocenters. The third-order valence-electron chi connectivity index (χ3n) is 1.70. The van der Waals surface area contributed by atoms with E-state index in [2.05, 4.69) is 11.8 Å². The lowest BCUT2D eigenvalue weighted by Crippen LogP contribution is -1.86. The van der Waals surface area contributed by atoms with Gasteiger partial charge in [0.25, 0.3) is 0 Å². The molecule has 0 bridgehead atoms. The first-order valence-corrected chi connectivity index (χ1v) is 5.46. The van der Waals surface area contributed by atoms with Crippen LogP contribution in [0.2, 0.25) is 0 Å². The number of rotatable bonds is 1. The van der Waals surface area contributed by atoms with Crippen LogP contribution in [0.5, 0.6) is 0 Å². The van der Waals surface area contributed by atoms with E-state index >= 15 is 0 Å². The fraction of sp³-hybridized carbons (Fsp3) is 0.250. The van der Waals surface area contributed by atoms with Gasteiger partial charge in [-0.3, -0.25) is 4.79 Å². The van der Waals surface area contributed by atoms with Crippen molar-refractivity contribution in [2.75, 3.05) is 5.75 Å². The Balaban J connectivity index is 2.67. The maximum absolute atomic E-state index is 13.3. The number of carbonyl (C=O) groups is 1. The van der Waals surface area contributed by atoms with Gasteiger partial charge in [0.15, 0.2) is 5.12 Å². The second-order valence-electron chi connectivity index (χ2n) is 3.07. The smallest absolute Gasteiger partial charge is 0.186 e. The Morgan fingerprint density at radius 3 is 2.87 bits per heavy atom. The van der Waals surface area contributed by atoms with E-state index in [-0.39, 0.29) is 10.9 Å². The van der Waals surface area contributed by atoms with Gasteiger partial charge in [-0.1, -0.05) is 29.7 Å². The van der Waals surface area contributed by atoms with Crippen molar-refractivity contribution in [3.63, 3.8) is 0 Å². The van der Waals surface area contributed by atoms with Gasteiger partial charge in [-0.2, -0.15) is 0 Å². The molecule has 0 N–H and O–H groups in total. The van der Waals surface area contributed by atoms with Crippen LogP contribution in [0.15, 0.2) is 18.2 Å². The molecule has 1 aromatic carbocycles. The van der Waals surface area contributed by atoms with Crippen molar-refractivity contribution in [2.24, 2.45) is 0 Å². The molecule has 0 unspecified atom stereocenters. The summed E-state index contributed by atoms with van der Waals surface area (Å²) in [6.45, 7) is 3.31. The van der Waals surface area contributed by atoms with Crippen LogP contribution in [-0.2, 0) is 4.79 Å². The van der Waals surface area contributed by atoms with Gasteiger partial charge in [0.1, 0.15) is 5.82 Å². The van der Waals surface area contributed by atoms with E-state index in [1.165, 1.54) is 13.0 Å². The second-order valence-corrected chi connectivity index (χ2v) is 4.22. The SMILES string of the molecule is CC(=O)SCC#Cc1ccc(C)cc1F. The lowest BCUT2D eigenvalue weighted by atomic mass is 10.1. The Hall–Kier alpha value is -1.27. The first-order valence-electron chi connectivity index (χ1n) is 4.48. The molecular formula is C12H11FOS. The Kier molecular flexibility index (Phi) is 4.38. The Labute approximate surface area is 93.1 Å². The molecule has 3 heteroatoms. The van der Waals surface area contributed by atoms with Crippen molar-refractivity contribution < 1.29 is 9.18 Å². The molecule has 1 aromatic rings. The molecule has 0 heterocycles. The van der Waals surface area contributed by atoms with Crippen molar-refractivity contribution in [2.45, 2.75) is 13.8 Å². The summed E-state index contributed by atoms with van der Waals surface area (Å²) < 4.78 is 13.3. The lowest BCUT2D eigenvalue weighted by Gasteiger charge is -1.95. The zero-order valence-electron chi connectivity index (χ0n) is 8.63. The van der Waals surface area contributed by atoms with Crippen LogP contribution in [0.4, 0.5) is 4.39 Å². The molecule has 0 aliphatic heterocycles. The van der Waals surface area contributed by atoms with Crippen LogP contribution in [0.1, 0.15) is 18.1 Å². The molecule has 15 heavy (non-hydrogen) atoms. The molecular weight excluding hydrogens is 211 g/mol. The molecule has 0 fully saturated rings. The minimum atomic E-state index is -0.310. The van der Waals surface area contributed by atoms with Crippen molar-refractivity contribution in [3.05, 3.63) is 35.1 Å². The molecule has 0 aromatic heterocycles. The van der Waals surface area contributed by atoms with Crippen molar-refractivity contribution in [3.8, 4) is 11.8 Å². The standard InChI is InChI=1S/C12H11FOS/c1-9-5-6-11(12(13)8-9)4-3-7-15-10(2)14/h5-6,8H,7H2,1-2H3. The maximum atomic E-state index is 13.3. The van der Waals surface area contributed by atoms with E-state index in [0.717, 1.165) is 17.3 Å². The molecule has 78 valence electrons. The summed E-state index contributed by atoms with van der Waals surface area (Å²) in [7, 11) is 0. The highest BCUT2D eigenvalue weighted by Crippen LogP contribution is 2.08. The van der Waals surface area contributed by atoms with Crippen LogP contribution in [0, 0.1) is 24.6 Å². The van der Waals surface area contributed by atoms with Gasteiger partial charge < -0.3 is 0 Å². The summed E-state index contributed by atoms with van der Waals surface area (Å²) in [6.07, 6.45) is 0. The summed E-state index contributed by atoms with van der Waals surface area (Å²) >= 11 is 1.12. The lowest BCUT2D eigenvalue weighted by molar-refractivity contribution is -0.109. The highest BCUT2D eigenvalue weighted by Gasteiger charge is 1.97. The Morgan fingerprint density at radius 2 is 2.27 bits per heavy atom. The third kappa shape index (κ3) is 4.18. The van der Waals surface area contributed by atoms with Crippen molar-refractivity contribution in [1.82, 2.24) is 0 Å². The average Bonchev–Trinajstić information content (AvgIpc) is 2.14. The number of halogens is 1. The van der Waals surface area contributed by atoms with Gasteiger partial charge in [0.05, 0.1) is 11.3 Å². The number of carbonyl (C=O) groups excluding carboxylic acids is 1. The van der Waals surface area contributed by atoms with Crippen molar-refractivity contribution >= 4 is 16.9 Å². The van der Waals surface area contributed by atoms with Gasteiger partial charge in [0, 0.05) is 6.92 Å². The normalized spacial score (nSPS) is 9.27. The Bertz CT molecular complexity index is 429. The van der Waals surface area contributed by atoms with Crippen LogP contribution in [-0.4, -0.2) is 10.9 Å². The first kappa shape index (κ1) is 11.8. The summed E-state index contributed by atoms with van der Waals surface area (Å²) in [5.74, 6) is 5.54. The summed E-state index contributed by atoms with van der Waals surface area (Å²) in [6, 6.07) is 4.91. The van der Waals surface area contributed by atoms with E-state index in [0.29, 0.717) is 11.3 Å². The summed E-state index contributed by atoms with van der Waals surface area (Å²) in [5.41, 5.74) is 1.25. The van der Waals surface area contributed by atoms with E-state index in [1.807, 2.05) is 13.0 Å². The topological polar surface area (TPSA) is 17.1 Å². The third-order valence-corrected chi connectivity index (χ3v) is 2.39. The van der Waals surface area contributed by atoms with E-state index in [4.69, 9.17) is 0 Å². The molecule has 0 radical (unpaired) electrons. The maximum Gasteiger partial charge on any atom is 0.186 e. The second kappa shape index (κ2) is 5.57. The van der Waals surface area contributed by atoms with Gasteiger partial charge >= 0.3 is 0 Å². The number of thioether (sulfide) groups is 1. The van der Waals surface area contributed by atoms with Gasteiger partial charge in [0.2, 0.25) is 0 Å². The van der Waals surface area contributed by atoms with E-state index in [1.54, 1.807) is 6.07 Å². The molecule has 0 amide bonds. The highest BCUT2D eigenvalue weighted by molar-refractivity contribution is 8.13. The van der Waals surface area contributed by atoms with E-state index < -0.39 is 0 Å². The fourth-order valence-corrected chi connectivity index (χ4v) is 1.34.